The van der Waals surface area contributed by atoms with E-state index >= 15 is 0 Å². The number of hydrogen-bond donors (Lipinski definition) is 0. The summed E-state index contributed by atoms with van der Waals surface area (Å²) in [7, 11) is 2.08. The second-order valence-corrected chi connectivity index (χ2v) is 9.54. The Labute approximate surface area is 217 Å². The first-order valence-corrected chi connectivity index (χ1v) is 12.4. The van der Waals surface area contributed by atoms with E-state index in [0.29, 0.717) is 44.2 Å². The zero-order valence-corrected chi connectivity index (χ0v) is 21.3. The highest BCUT2D eigenvalue weighted by atomic mass is 35.5. The monoisotopic (exact) mass is 511 g/mol. The molecule has 36 heavy (non-hydrogen) atoms. The van der Waals surface area contributed by atoms with Gasteiger partial charge in [-0.05, 0) is 54.4 Å². The molecule has 2 aliphatic rings. The summed E-state index contributed by atoms with van der Waals surface area (Å²) < 4.78 is 26.8. The van der Waals surface area contributed by atoms with Crippen molar-refractivity contribution >= 4 is 24.0 Å². The zero-order valence-electron chi connectivity index (χ0n) is 20.5. The summed E-state index contributed by atoms with van der Waals surface area (Å²) in [4.78, 5) is 18.9. The van der Waals surface area contributed by atoms with E-state index in [1.54, 1.807) is 6.07 Å². The maximum atomic E-state index is 13.6. The molecule has 3 aromatic carbocycles. The molecule has 4 nitrogen and oxygen atoms in total. The van der Waals surface area contributed by atoms with Gasteiger partial charge in [-0.25, -0.2) is 8.78 Å². The number of carbonyl (C=O) groups excluding carboxylic acids is 1. The van der Waals surface area contributed by atoms with Crippen LogP contribution < -0.4 is 4.90 Å². The van der Waals surface area contributed by atoms with Gasteiger partial charge >= 0.3 is 0 Å². The average Bonchev–Trinajstić information content (AvgIpc) is 3.21. The second-order valence-electron chi connectivity index (χ2n) is 9.54. The van der Waals surface area contributed by atoms with Gasteiger partial charge in [0.15, 0.2) is 11.6 Å². The molecule has 1 heterocycles. The summed E-state index contributed by atoms with van der Waals surface area (Å²) in [5, 5.41) is 0. The Morgan fingerprint density at radius 3 is 2.08 bits per heavy atom. The Bertz CT molecular complexity index is 1170. The van der Waals surface area contributed by atoms with Crippen molar-refractivity contribution in [2.45, 2.75) is 18.8 Å². The quantitative estimate of drug-likeness (QED) is 0.415. The van der Waals surface area contributed by atoms with E-state index in [1.807, 2.05) is 9.80 Å². The lowest BCUT2D eigenvalue weighted by molar-refractivity contribution is -0.131. The van der Waals surface area contributed by atoms with Crippen LogP contribution in [0.15, 0.2) is 66.7 Å². The molecule has 1 fully saturated rings. The van der Waals surface area contributed by atoms with E-state index in [4.69, 9.17) is 0 Å². The van der Waals surface area contributed by atoms with Crippen LogP contribution in [-0.4, -0.2) is 62.0 Å². The Kier molecular flexibility index (Phi) is 8.27. The van der Waals surface area contributed by atoms with E-state index in [0.717, 1.165) is 25.6 Å². The van der Waals surface area contributed by atoms with Gasteiger partial charge in [0.05, 0.1) is 0 Å². The molecule has 7 heteroatoms. The molecule has 0 radical (unpaired) electrons. The van der Waals surface area contributed by atoms with E-state index in [1.165, 1.54) is 28.3 Å². The third-order valence-electron chi connectivity index (χ3n) is 7.37. The summed E-state index contributed by atoms with van der Waals surface area (Å²) in [5.41, 5.74) is 6.14. The van der Waals surface area contributed by atoms with Gasteiger partial charge in [0.25, 0.3) is 0 Å². The van der Waals surface area contributed by atoms with Crippen molar-refractivity contribution in [3.05, 3.63) is 89.5 Å². The molecule has 1 amide bonds. The maximum Gasteiger partial charge on any atom is 0.223 e. The predicted molar refractivity (Wildman–Crippen MR) is 143 cm³/mol. The normalized spacial score (nSPS) is 15.0. The Morgan fingerprint density at radius 2 is 1.47 bits per heavy atom. The standard InChI is InChI=1S/C29H31F2N3O.ClH/c1-32(14-12-26-24-8-4-2-6-22(24)23-7-3-5-9-25(23)26)15-13-29(35)34-18-16-33(17-19-34)21-10-11-27(30)28(31)20-21;/h2-11,20,26H,12-19H2,1H3;1H. The molecule has 0 atom stereocenters. The maximum absolute atomic E-state index is 13.6. The highest BCUT2D eigenvalue weighted by molar-refractivity contribution is 5.85. The highest BCUT2D eigenvalue weighted by Crippen LogP contribution is 2.46. The van der Waals surface area contributed by atoms with Crippen LogP contribution in [0.5, 0.6) is 0 Å². The molecule has 0 aromatic heterocycles. The van der Waals surface area contributed by atoms with Gasteiger partial charge in [0.1, 0.15) is 0 Å². The molecule has 1 aliphatic heterocycles. The number of carbonyl (C=O) groups is 1. The highest BCUT2D eigenvalue weighted by Gasteiger charge is 2.28. The smallest absolute Gasteiger partial charge is 0.223 e. The Balaban J connectivity index is 0.00000304. The topological polar surface area (TPSA) is 26.8 Å². The summed E-state index contributed by atoms with van der Waals surface area (Å²) in [6.45, 7) is 4.07. The molecule has 0 N–H and O–H groups in total. The van der Waals surface area contributed by atoms with Crippen LogP contribution in [0, 0.1) is 11.6 Å². The molecule has 1 aliphatic carbocycles. The fraction of sp³-hybridized carbons (Fsp3) is 0.345. The van der Waals surface area contributed by atoms with Crippen molar-refractivity contribution in [3.8, 4) is 11.1 Å². The van der Waals surface area contributed by atoms with Crippen LogP contribution >= 0.6 is 12.4 Å². The minimum absolute atomic E-state index is 0. The molecule has 0 unspecified atom stereocenters. The van der Waals surface area contributed by atoms with Crippen LogP contribution in [0.4, 0.5) is 14.5 Å². The first-order chi connectivity index (χ1) is 17.0. The van der Waals surface area contributed by atoms with Crippen molar-refractivity contribution < 1.29 is 13.6 Å². The predicted octanol–water partition coefficient (Wildman–Crippen LogP) is 5.56. The molecule has 0 bridgehead atoms. The van der Waals surface area contributed by atoms with Crippen LogP contribution in [-0.2, 0) is 4.79 Å². The summed E-state index contributed by atoms with van der Waals surface area (Å²) in [6, 6.07) is 21.3. The van der Waals surface area contributed by atoms with E-state index < -0.39 is 11.6 Å². The van der Waals surface area contributed by atoms with Crippen molar-refractivity contribution in [2.24, 2.45) is 0 Å². The van der Waals surface area contributed by atoms with Crippen molar-refractivity contribution in [1.29, 1.82) is 0 Å². The van der Waals surface area contributed by atoms with Gasteiger partial charge in [0, 0.05) is 56.8 Å². The number of amides is 1. The Morgan fingerprint density at radius 1 is 0.861 bits per heavy atom. The van der Waals surface area contributed by atoms with Crippen molar-refractivity contribution in [2.75, 3.05) is 51.2 Å². The SMILES string of the molecule is CN(CCC(=O)N1CCN(c2ccc(F)c(F)c2)CC1)CCC1c2ccccc2-c2ccccc21.Cl. The summed E-state index contributed by atoms with van der Waals surface area (Å²) in [5.74, 6) is -1.13. The number of halogens is 3. The molecular formula is C29H32ClF2N3O. The van der Waals surface area contributed by atoms with Crippen molar-refractivity contribution in [1.82, 2.24) is 9.80 Å². The first-order valence-electron chi connectivity index (χ1n) is 12.4. The lowest BCUT2D eigenvalue weighted by Crippen LogP contribution is -2.49. The van der Waals surface area contributed by atoms with Gasteiger partial charge in [-0.1, -0.05) is 48.5 Å². The van der Waals surface area contributed by atoms with E-state index in [-0.39, 0.29) is 18.3 Å². The summed E-state index contributed by atoms with van der Waals surface area (Å²) >= 11 is 0. The van der Waals surface area contributed by atoms with Gasteiger partial charge < -0.3 is 14.7 Å². The number of nitrogens with zero attached hydrogens (tertiary/aromatic N) is 3. The molecule has 1 saturated heterocycles. The Hall–Kier alpha value is -2.96. The lowest BCUT2D eigenvalue weighted by atomic mass is 9.93. The van der Waals surface area contributed by atoms with Crippen LogP contribution in [0.1, 0.15) is 29.9 Å². The van der Waals surface area contributed by atoms with E-state index in [9.17, 15) is 13.6 Å². The molecular weight excluding hydrogens is 480 g/mol. The minimum atomic E-state index is -0.840. The van der Waals surface area contributed by atoms with Crippen LogP contribution in [0.25, 0.3) is 11.1 Å². The number of hydrogen-bond acceptors (Lipinski definition) is 3. The number of anilines is 1. The largest absolute Gasteiger partial charge is 0.368 e. The second kappa shape index (κ2) is 11.4. The number of benzene rings is 3. The molecule has 190 valence electrons. The van der Waals surface area contributed by atoms with Gasteiger partial charge in [-0.3, -0.25) is 4.79 Å². The van der Waals surface area contributed by atoms with Crippen LogP contribution in [0.2, 0.25) is 0 Å². The lowest BCUT2D eigenvalue weighted by Gasteiger charge is -2.36. The third kappa shape index (κ3) is 5.40. The van der Waals surface area contributed by atoms with Gasteiger partial charge in [-0.15, -0.1) is 12.4 Å². The molecule has 3 aromatic rings. The van der Waals surface area contributed by atoms with Crippen molar-refractivity contribution in [3.63, 3.8) is 0 Å². The molecule has 0 saturated carbocycles. The van der Waals surface area contributed by atoms with E-state index in [2.05, 4.69) is 60.5 Å². The third-order valence-corrected chi connectivity index (χ3v) is 7.37. The molecule has 0 spiro atoms. The zero-order chi connectivity index (χ0) is 24.4. The fourth-order valence-electron chi connectivity index (χ4n) is 5.37. The van der Waals surface area contributed by atoms with Crippen LogP contribution in [0.3, 0.4) is 0 Å². The molecule has 5 rings (SSSR count). The average molecular weight is 512 g/mol. The number of rotatable bonds is 7. The number of fused-ring (bicyclic) bond motifs is 3. The minimum Gasteiger partial charge on any atom is -0.368 e. The summed E-state index contributed by atoms with van der Waals surface area (Å²) in [6.07, 6.45) is 1.51. The number of piperazine rings is 1. The first kappa shape index (κ1) is 26.1. The fourth-order valence-corrected chi connectivity index (χ4v) is 5.37. The van der Waals surface area contributed by atoms with Gasteiger partial charge in [-0.2, -0.15) is 0 Å². The van der Waals surface area contributed by atoms with Gasteiger partial charge in [0.2, 0.25) is 5.91 Å².